The van der Waals surface area contributed by atoms with Crippen molar-refractivity contribution in [2.75, 3.05) is 19.7 Å². The highest BCUT2D eigenvalue weighted by molar-refractivity contribution is 5.82. The molecule has 0 bridgehead atoms. The predicted molar refractivity (Wildman–Crippen MR) is 53.4 cm³/mol. The summed E-state index contributed by atoms with van der Waals surface area (Å²) in [5, 5.41) is 8.66. The van der Waals surface area contributed by atoms with Gasteiger partial charge in [0.2, 0.25) is 5.91 Å². The summed E-state index contributed by atoms with van der Waals surface area (Å²) >= 11 is 0. The first kappa shape index (κ1) is 11.5. The van der Waals surface area contributed by atoms with Crippen molar-refractivity contribution in [3.63, 3.8) is 0 Å². The maximum Gasteiger partial charge on any atom is 0.240 e. The summed E-state index contributed by atoms with van der Waals surface area (Å²) in [6, 6.07) is 1.29. The molecule has 1 heterocycles. The molecule has 2 atom stereocenters. The Bertz CT molecular complexity index is 316. The number of amides is 1. The SMILES string of the molecule is C#CCC(N)C(=O)N1CCOC(C#N)C1. The molecule has 0 saturated carbocycles. The molecule has 0 spiro atoms. The first-order valence-corrected chi connectivity index (χ1v) is 4.68. The van der Waals surface area contributed by atoms with Crippen molar-refractivity contribution in [2.24, 2.45) is 5.73 Å². The Hall–Kier alpha value is -1.56. The van der Waals surface area contributed by atoms with E-state index in [1.165, 1.54) is 4.90 Å². The van der Waals surface area contributed by atoms with Crippen molar-refractivity contribution in [2.45, 2.75) is 18.6 Å². The van der Waals surface area contributed by atoms with Crippen molar-refractivity contribution in [1.29, 1.82) is 5.26 Å². The summed E-state index contributed by atoms with van der Waals surface area (Å²) in [6.07, 6.45) is 4.73. The van der Waals surface area contributed by atoms with Gasteiger partial charge in [0.25, 0.3) is 0 Å². The molecule has 0 aromatic carbocycles. The summed E-state index contributed by atoms with van der Waals surface area (Å²) in [6.45, 7) is 1.11. The van der Waals surface area contributed by atoms with E-state index >= 15 is 0 Å². The molecule has 1 amide bonds. The number of nitrogens with two attached hydrogens (primary N) is 1. The van der Waals surface area contributed by atoms with E-state index in [1.807, 2.05) is 6.07 Å². The standard InChI is InChI=1S/C10H13N3O2/c1-2-3-9(12)10(14)13-4-5-15-8(6-11)7-13/h1,8-9H,3-5,7,12H2. The number of hydrogen-bond acceptors (Lipinski definition) is 4. The molecule has 80 valence electrons. The van der Waals surface area contributed by atoms with Crippen molar-refractivity contribution < 1.29 is 9.53 Å². The lowest BCUT2D eigenvalue weighted by Gasteiger charge is -2.31. The molecule has 0 aromatic rings. The molecule has 2 N–H and O–H groups in total. The minimum Gasteiger partial charge on any atom is -0.360 e. The number of morpholine rings is 1. The van der Waals surface area contributed by atoms with Crippen LogP contribution in [0.1, 0.15) is 6.42 Å². The van der Waals surface area contributed by atoms with Gasteiger partial charge in [0, 0.05) is 13.0 Å². The Morgan fingerprint density at radius 1 is 1.80 bits per heavy atom. The van der Waals surface area contributed by atoms with Crippen LogP contribution in [-0.2, 0) is 9.53 Å². The largest absolute Gasteiger partial charge is 0.360 e. The fourth-order valence-electron chi connectivity index (χ4n) is 1.38. The quantitative estimate of drug-likeness (QED) is 0.594. The van der Waals surface area contributed by atoms with Crippen molar-refractivity contribution in [3.8, 4) is 18.4 Å². The lowest BCUT2D eigenvalue weighted by molar-refractivity contribution is -0.138. The Labute approximate surface area is 88.8 Å². The van der Waals surface area contributed by atoms with Crippen LogP contribution in [-0.4, -0.2) is 42.6 Å². The predicted octanol–water partition coefficient (Wildman–Crippen LogP) is -0.912. The zero-order chi connectivity index (χ0) is 11.3. The first-order valence-electron chi connectivity index (χ1n) is 4.68. The third-order valence-corrected chi connectivity index (χ3v) is 2.18. The molecule has 1 saturated heterocycles. The minimum absolute atomic E-state index is 0.212. The van der Waals surface area contributed by atoms with Gasteiger partial charge < -0.3 is 15.4 Å². The molecule has 1 fully saturated rings. The van der Waals surface area contributed by atoms with Crippen LogP contribution in [0.2, 0.25) is 0 Å². The number of nitrogens with zero attached hydrogens (tertiary/aromatic N) is 2. The third-order valence-electron chi connectivity index (χ3n) is 2.18. The number of ether oxygens (including phenoxy) is 1. The van der Waals surface area contributed by atoms with E-state index in [4.69, 9.17) is 22.2 Å². The molecule has 0 aromatic heterocycles. The van der Waals surface area contributed by atoms with Crippen LogP contribution >= 0.6 is 0 Å². The summed E-state index contributed by atoms with van der Waals surface area (Å²) in [5.41, 5.74) is 5.59. The Balaban J connectivity index is 2.53. The van der Waals surface area contributed by atoms with Gasteiger partial charge in [-0.05, 0) is 0 Å². The van der Waals surface area contributed by atoms with Gasteiger partial charge in [-0.1, -0.05) is 0 Å². The van der Waals surface area contributed by atoms with Gasteiger partial charge in [-0.3, -0.25) is 4.79 Å². The van der Waals surface area contributed by atoms with Crippen LogP contribution in [0.4, 0.5) is 0 Å². The second kappa shape index (κ2) is 5.35. The van der Waals surface area contributed by atoms with Crippen LogP contribution in [0.3, 0.4) is 0 Å². The molecule has 5 nitrogen and oxygen atoms in total. The van der Waals surface area contributed by atoms with Gasteiger partial charge in [0.05, 0.1) is 25.3 Å². The molecule has 1 rings (SSSR count). The second-order valence-electron chi connectivity index (χ2n) is 3.29. The van der Waals surface area contributed by atoms with E-state index in [0.29, 0.717) is 13.2 Å². The number of rotatable bonds is 2. The van der Waals surface area contributed by atoms with Crippen molar-refractivity contribution >= 4 is 5.91 Å². The molecular formula is C10H13N3O2. The molecule has 2 unspecified atom stereocenters. The van der Waals surface area contributed by atoms with Gasteiger partial charge in [0.1, 0.15) is 0 Å². The van der Waals surface area contributed by atoms with Gasteiger partial charge in [-0.25, -0.2) is 0 Å². The fraction of sp³-hybridized carbons (Fsp3) is 0.600. The van der Waals surface area contributed by atoms with Crippen molar-refractivity contribution in [1.82, 2.24) is 4.90 Å². The van der Waals surface area contributed by atoms with Gasteiger partial charge in [-0.15, -0.1) is 12.3 Å². The molecule has 5 heteroatoms. The van der Waals surface area contributed by atoms with Crippen molar-refractivity contribution in [3.05, 3.63) is 0 Å². The van der Waals surface area contributed by atoms with E-state index in [1.54, 1.807) is 0 Å². The molecule has 1 aliphatic heterocycles. The van der Waals surface area contributed by atoms with Gasteiger partial charge in [0.15, 0.2) is 6.10 Å². The smallest absolute Gasteiger partial charge is 0.240 e. The van der Waals surface area contributed by atoms with Crippen LogP contribution in [0.25, 0.3) is 0 Å². The number of terminal acetylenes is 1. The summed E-state index contributed by atoms with van der Waals surface area (Å²) in [7, 11) is 0. The molecular weight excluding hydrogens is 194 g/mol. The average Bonchev–Trinajstić information content (AvgIpc) is 2.28. The molecule has 1 aliphatic rings. The normalized spacial score (nSPS) is 22.6. The van der Waals surface area contributed by atoms with E-state index in [0.717, 1.165) is 0 Å². The highest BCUT2D eigenvalue weighted by atomic mass is 16.5. The summed E-state index contributed by atoms with van der Waals surface area (Å²) in [5.74, 6) is 2.13. The Morgan fingerprint density at radius 2 is 2.53 bits per heavy atom. The maximum absolute atomic E-state index is 11.7. The average molecular weight is 207 g/mol. The highest BCUT2D eigenvalue weighted by Crippen LogP contribution is 2.06. The van der Waals surface area contributed by atoms with Crippen LogP contribution < -0.4 is 5.73 Å². The van der Waals surface area contributed by atoms with E-state index < -0.39 is 12.1 Å². The monoisotopic (exact) mass is 207 g/mol. The minimum atomic E-state index is -0.674. The van der Waals surface area contributed by atoms with Gasteiger partial charge in [-0.2, -0.15) is 5.26 Å². The fourth-order valence-corrected chi connectivity index (χ4v) is 1.38. The summed E-state index contributed by atoms with van der Waals surface area (Å²) in [4.78, 5) is 13.2. The second-order valence-corrected chi connectivity index (χ2v) is 3.29. The van der Waals surface area contributed by atoms with E-state index in [9.17, 15) is 4.79 Å². The lowest BCUT2D eigenvalue weighted by atomic mass is 10.2. The molecule has 0 aliphatic carbocycles. The van der Waals surface area contributed by atoms with E-state index in [2.05, 4.69) is 5.92 Å². The Morgan fingerprint density at radius 3 is 3.13 bits per heavy atom. The van der Waals surface area contributed by atoms with Gasteiger partial charge >= 0.3 is 0 Å². The maximum atomic E-state index is 11.7. The summed E-state index contributed by atoms with van der Waals surface area (Å²) < 4.78 is 5.11. The number of hydrogen-bond donors (Lipinski definition) is 1. The number of nitriles is 1. The van der Waals surface area contributed by atoms with Crippen LogP contribution in [0.5, 0.6) is 0 Å². The Kier molecular flexibility index (Phi) is 4.11. The topological polar surface area (TPSA) is 79.3 Å². The lowest BCUT2D eigenvalue weighted by Crippen LogP contribution is -2.51. The number of carbonyl (C=O) groups is 1. The third kappa shape index (κ3) is 2.95. The number of carbonyl (C=O) groups excluding carboxylic acids is 1. The first-order chi connectivity index (χ1) is 7.19. The zero-order valence-electron chi connectivity index (χ0n) is 8.35. The van der Waals surface area contributed by atoms with Crippen LogP contribution in [0.15, 0.2) is 0 Å². The zero-order valence-corrected chi connectivity index (χ0v) is 8.35. The molecule has 15 heavy (non-hydrogen) atoms. The van der Waals surface area contributed by atoms with Crippen LogP contribution in [0, 0.1) is 23.7 Å². The highest BCUT2D eigenvalue weighted by Gasteiger charge is 2.26. The van der Waals surface area contributed by atoms with E-state index in [-0.39, 0.29) is 18.9 Å². The molecule has 0 radical (unpaired) electrons.